The average molecular weight is 487 g/mol. The van der Waals surface area contributed by atoms with Gasteiger partial charge in [-0.15, -0.1) is 0 Å². The molecule has 0 aliphatic heterocycles. The fourth-order valence-corrected chi connectivity index (χ4v) is 3.77. The van der Waals surface area contributed by atoms with E-state index in [1.807, 2.05) is 61.5 Å². The number of rotatable bonds is 13. The summed E-state index contributed by atoms with van der Waals surface area (Å²) in [5.74, 6) is 0.768. The molecule has 11 heteroatoms. The second-order valence-electron chi connectivity index (χ2n) is 8.06. The highest BCUT2D eigenvalue weighted by molar-refractivity contribution is 7.87. The van der Waals surface area contributed by atoms with Gasteiger partial charge in [-0.2, -0.15) is 13.4 Å². The van der Waals surface area contributed by atoms with Crippen LogP contribution in [0.15, 0.2) is 59.1 Å². The van der Waals surface area contributed by atoms with Crippen molar-refractivity contribution in [3.8, 4) is 11.4 Å². The molecule has 3 rings (SSSR count). The van der Waals surface area contributed by atoms with Crippen LogP contribution in [0, 0.1) is 0 Å². The molecule has 0 bridgehead atoms. The Kier molecular flexibility index (Phi) is 8.88. The molecule has 2 aromatic carbocycles. The molecular formula is C23H30N6O4S. The number of benzene rings is 2. The summed E-state index contributed by atoms with van der Waals surface area (Å²) >= 11 is 0. The van der Waals surface area contributed by atoms with Crippen molar-refractivity contribution in [1.82, 2.24) is 20.2 Å². The minimum Gasteiger partial charge on any atom is -0.378 e. The number of nitrogens with one attached hydrogen (secondary N) is 2. The molecule has 1 heterocycles. The molecule has 4 N–H and O–H groups in total. The fraction of sp³-hybridized carbons (Fsp3) is 0.348. The fourth-order valence-electron chi connectivity index (χ4n) is 3.35. The Labute approximate surface area is 199 Å². The summed E-state index contributed by atoms with van der Waals surface area (Å²) in [7, 11) is 0.211. The Hall–Kier alpha value is -3.12. The van der Waals surface area contributed by atoms with E-state index in [1.54, 1.807) is 12.1 Å². The molecule has 1 atom stereocenters. The average Bonchev–Trinajstić information content (AvgIpc) is 3.30. The number of ketones is 1. The van der Waals surface area contributed by atoms with Gasteiger partial charge in [0.05, 0.1) is 12.6 Å². The zero-order chi connectivity index (χ0) is 24.6. The van der Waals surface area contributed by atoms with Gasteiger partial charge in [0.1, 0.15) is 0 Å². The number of unbranched alkanes of at least 4 members (excludes halogenated alkanes) is 1. The Morgan fingerprint density at radius 2 is 1.79 bits per heavy atom. The van der Waals surface area contributed by atoms with Crippen molar-refractivity contribution >= 4 is 21.7 Å². The molecule has 0 aliphatic carbocycles. The zero-order valence-electron chi connectivity index (χ0n) is 19.3. The molecule has 0 fully saturated rings. The Morgan fingerprint density at radius 1 is 1.09 bits per heavy atom. The first-order chi connectivity index (χ1) is 16.2. The highest BCUT2D eigenvalue weighted by Crippen LogP contribution is 2.24. The first kappa shape index (κ1) is 25.5. The van der Waals surface area contributed by atoms with E-state index < -0.39 is 10.2 Å². The number of nitrogens with zero attached hydrogens (tertiary/aromatic N) is 3. The Balaban J connectivity index is 1.68. The number of nitrogens with two attached hydrogens (primary N) is 1. The van der Waals surface area contributed by atoms with Crippen LogP contribution in [0.4, 0.5) is 5.69 Å². The second kappa shape index (κ2) is 11.8. The molecule has 1 aromatic heterocycles. The van der Waals surface area contributed by atoms with Crippen LogP contribution >= 0.6 is 0 Å². The Bertz CT molecular complexity index is 1160. The number of hydrogen-bond donors (Lipinski definition) is 3. The van der Waals surface area contributed by atoms with E-state index in [2.05, 4.69) is 20.2 Å². The Morgan fingerprint density at radius 3 is 2.44 bits per heavy atom. The van der Waals surface area contributed by atoms with Gasteiger partial charge in [0.25, 0.3) is 10.2 Å². The summed E-state index contributed by atoms with van der Waals surface area (Å²) in [4.78, 5) is 19.1. The van der Waals surface area contributed by atoms with E-state index in [4.69, 9.17) is 9.66 Å². The third-order valence-electron chi connectivity index (χ3n) is 5.21. The van der Waals surface area contributed by atoms with E-state index >= 15 is 0 Å². The van der Waals surface area contributed by atoms with Gasteiger partial charge in [-0.25, -0.2) is 9.86 Å². The third kappa shape index (κ3) is 7.73. The van der Waals surface area contributed by atoms with Crippen molar-refractivity contribution in [2.45, 2.75) is 25.3 Å². The quantitative estimate of drug-likeness (QED) is 0.247. The number of aromatic nitrogens is 2. The van der Waals surface area contributed by atoms with Crippen molar-refractivity contribution in [1.29, 1.82) is 0 Å². The molecule has 0 saturated carbocycles. The van der Waals surface area contributed by atoms with Gasteiger partial charge < -0.3 is 9.42 Å². The predicted octanol–water partition coefficient (Wildman–Crippen LogP) is 2.28. The number of Topliss-reactive ketones (excluding diaryl/α,β-unsaturated/α-hetero) is 1. The third-order valence-corrected chi connectivity index (χ3v) is 5.82. The van der Waals surface area contributed by atoms with Crippen LogP contribution in [0.25, 0.3) is 11.4 Å². The minimum atomic E-state index is -3.72. The van der Waals surface area contributed by atoms with Gasteiger partial charge in [0, 0.05) is 37.5 Å². The van der Waals surface area contributed by atoms with Crippen molar-refractivity contribution in [2.24, 2.45) is 5.14 Å². The highest BCUT2D eigenvalue weighted by atomic mass is 32.2. The maximum atomic E-state index is 12.6. The topological polar surface area (TPSA) is 143 Å². The maximum Gasteiger partial charge on any atom is 0.274 e. The summed E-state index contributed by atoms with van der Waals surface area (Å²) in [6.07, 6.45) is 1.78. The predicted molar refractivity (Wildman–Crippen MR) is 131 cm³/mol. The van der Waals surface area contributed by atoms with E-state index in [0.29, 0.717) is 36.5 Å². The van der Waals surface area contributed by atoms with Crippen LogP contribution in [-0.4, -0.2) is 51.5 Å². The van der Waals surface area contributed by atoms with E-state index in [9.17, 15) is 13.2 Å². The molecule has 3 aromatic rings. The van der Waals surface area contributed by atoms with Crippen LogP contribution in [-0.2, 0) is 10.2 Å². The molecule has 0 radical (unpaired) electrons. The SMILES string of the molecule is CN(C)c1ccc(-c2noc(C(CCCCNS(N)(=O)=O)NCC(=O)c3ccccc3)n2)cc1. The van der Waals surface area contributed by atoms with Gasteiger partial charge in [0.2, 0.25) is 11.7 Å². The van der Waals surface area contributed by atoms with Crippen molar-refractivity contribution < 1.29 is 17.7 Å². The van der Waals surface area contributed by atoms with E-state index in [-0.39, 0.29) is 24.9 Å². The largest absolute Gasteiger partial charge is 0.378 e. The van der Waals surface area contributed by atoms with Crippen molar-refractivity contribution in [2.75, 3.05) is 32.1 Å². The van der Waals surface area contributed by atoms with Gasteiger partial charge >= 0.3 is 0 Å². The van der Waals surface area contributed by atoms with Gasteiger partial charge in [-0.1, -0.05) is 41.9 Å². The second-order valence-corrected chi connectivity index (χ2v) is 9.43. The molecule has 0 aliphatic rings. The number of anilines is 1. The van der Waals surface area contributed by atoms with Crippen molar-refractivity contribution in [3.63, 3.8) is 0 Å². The molecule has 34 heavy (non-hydrogen) atoms. The monoisotopic (exact) mass is 486 g/mol. The van der Waals surface area contributed by atoms with Crippen LogP contribution < -0.4 is 20.1 Å². The highest BCUT2D eigenvalue weighted by Gasteiger charge is 2.21. The normalized spacial score (nSPS) is 12.4. The molecule has 0 spiro atoms. The lowest BCUT2D eigenvalue weighted by Gasteiger charge is -2.14. The molecular weight excluding hydrogens is 456 g/mol. The molecule has 0 saturated heterocycles. The number of carbonyl (C=O) groups excluding carboxylic acids is 1. The molecule has 10 nitrogen and oxygen atoms in total. The van der Waals surface area contributed by atoms with Crippen LogP contribution in [0.1, 0.15) is 41.6 Å². The van der Waals surface area contributed by atoms with E-state index in [1.165, 1.54) is 0 Å². The molecule has 0 amide bonds. The van der Waals surface area contributed by atoms with E-state index in [0.717, 1.165) is 11.3 Å². The van der Waals surface area contributed by atoms with Gasteiger partial charge in [-0.3, -0.25) is 10.1 Å². The van der Waals surface area contributed by atoms with Gasteiger partial charge in [-0.05, 0) is 37.1 Å². The first-order valence-corrected chi connectivity index (χ1v) is 12.5. The minimum absolute atomic E-state index is 0.0551. The maximum absolute atomic E-state index is 12.6. The summed E-state index contributed by atoms with van der Waals surface area (Å²) in [5, 5.41) is 12.3. The molecule has 1 unspecified atom stereocenters. The summed E-state index contributed by atoms with van der Waals surface area (Å²) in [5.41, 5.74) is 2.48. The van der Waals surface area contributed by atoms with Crippen LogP contribution in [0.5, 0.6) is 0 Å². The van der Waals surface area contributed by atoms with Crippen LogP contribution in [0.3, 0.4) is 0 Å². The summed E-state index contributed by atoms with van der Waals surface area (Å²) < 4.78 is 29.9. The lowest BCUT2D eigenvalue weighted by atomic mass is 10.1. The number of carbonyl (C=O) groups is 1. The summed E-state index contributed by atoms with van der Waals surface area (Å²) in [6.45, 7) is 0.321. The standard InChI is InChI=1S/C23H30N6O4S/c1-29(2)19-13-11-18(12-14-19)22-27-23(33-28-22)20(10-6-7-15-26-34(24,31)32)25-16-21(30)17-8-4-3-5-9-17/h3-5,8-9,11-14,20,25-26H,6-7,10,15-16H2,1-2H3,(H2,24,31,32). The van der Waals surface area contributed by atoms with Crippen LogP contribution in [0.2, 0.25) is 0 Å². The van der Waals surface area contributed by atoms with Gasteiger partial charge in [0.15, 0.2) is 5.78 Å². The smallest absolute Gasteiger partial charge is 0.274 e. The summed E-state index contributed by atoms with van der Waals surface area (Å²) in [6, 6.07) is 16.4. The zero-order valence-corrected chi connectivity index (χ0v) is 20.1. The molecule has 182 valence electrons. The lowest BCUT2D eigenvalue weighted by Crippen LogP contribution is -2.31. The first-order valence-electron chi connectivity index (χ1n) is 10.9. The van der Waals surface area contributed by atoms with Crippen molar-refractivity contribution in [3.05, 3.63) is 66.1 Å². The number of hydrogen-bond acceptors (Lipinski definition) is 8. The lowest BCUT2D eigenvalue weighted by molar-refractivity contribution is 0.0984.